The SMILES string of the molecule is CNCc1c(C)nc(Cc2cccc(OC)c2)nc1C. The van der Waals surface area contributed by atoms with Gasteiger partial charge in [-0.05, 0) is 38.6 Å². The van der Waals surface area contributed by atoms with Gasteiger partial charge in [0.15, 0.2) is 0 Å². The van der Waals surface area contributed by atoms with Gasteiger partial charge in [-0.25, -0.2) is 9.97 Å². The number of nitrogens with zero attached hydrogens (tertiary/aromatic N) is 2. The molecule has 0 atom stereocenters. The molecular weight excluding hydrogens is 250 g/mol. The summed E-state index contributed by atoms with van der Waals surface area (Å²) in [5.74, 6) is 1.72. The van der Waals surface area contributed by atoms with Gasteiger partial charge in [0.25, 0.3) is 0 Å². The molecule has 4 heteroatoms. The number of benzene rings is 1. The lowest BCUT2D eigenvalue weighted by Crippen LogP contribution is -2.12. The maximum Gasteiger partial charge on any atom is 0.133 e. The lowest BCUT2D eigenvalue weighted by molar-refractivity contribution is 0.414. The minimum atomic E-state index is 0.721. The fraction of sp³-hybridized carbons (Fsp3) is 0.375. The number of hydrogen-bond donors (Lipinski definition) is 1. The number of methoxy groups -OCH3 is 1. The zero-order chi connectivity index (χ0) is 14.5. The summed E-state index contributed by atoms with van der Waals surface area (Å²) >= 11 is 0. The Balaban J connectivity index is 2.25. The van der Waals surface area contributed by atoms with Gasteiger partial charge in [-0.2, -0.15) is 0 Å². The van der Waals surface area contributed by atoms with Crippen LogP contribution in [0.5, 0.6) is 5.75 Å². The molecule has 106 valence electrons. The highest BCUT2D eigenvalue weighted by Crippen LogP contribution is 2.16. The van der Waals surface area contributed by atoms with Crippen LogP contribution < -0.4 is 10.1 Å². The van der Waals surface area contributed by atoms with Crippen molar-refractivity contribution in [3.8, 4) is 5.75 Å². The molecule has 0 saturated carbocycles. The van der Waals surface area contributed by atoms with Crippen LogP contribution in [0.2, 0.25) is 0 Å². The summed E-state index contributed by atoms with van der Waals surface area (Å²) in [5, 5.41) is 3.15. The molecule has 0 fully saturated rings. The normalized spacial score (nSPS) is 10.6. The van der Waals surface area contributed by atoms with E-state index in [1.54, 1.807) is 7.11 Å². The number of hydrogen-bond acceptors (Lipinski definition) is 4. The molecule has 1 aromatic heterocycles. The Labute approximate surface area is 120 Å². The van der Waals surface area contributed by atoms with Crippen molar-refractivity contribution in [2.24, 2.45) is 0 Å². The average molecular weight is 271 g/mol. The molecule has 0 aliphatic carbocycles. The molecule has 4 nitrogen and oxygen atoms in total. The first-order chi connectivity index (χ1) is 9.63. The first kappa shape index (κ1) is 14.5. The molecular formula is C16H21N3O. The number of aromatic nitrogens is 2. The molecule has 1 heterocycles. The molecule has 0 radical (unpaired) electrons. The van der Waals surface area contributed by atoms with Gasteiger partial charge in [0.2, 0.25) is 0 Å². The first-order valence-corrected chi connectivity index (χ1v) is 6.74. The second-order valence-corrected chi connectivity index (χ2v) is 4.85. The Morgan fingerprint density at radius 1 is 1.15 bits per heavy atom. The average Bonchev–Trinajstić information content (AvgIpc) is 2.43. The van der Waals surface area contributed by atoms with Gasteiger partial charge in [0.05, 0.1) is 7.11 Å². The molecule has 0 spiro atoms. The van der Waals surface area contributed by atoms with E-state index in [2.05, 4.69) is 21.4 Å². The van der Waals surface area contributed by atoms with Crippen LogP contribution in [-0.2, 0) is 13.0 Å². The van der Waals surface area contributed by atoms with Crippen molar-refractivity contribution in [1.29, 1.82) is 0 Å². The van der Waals surface area contributed by atoms with Crippen molar-refractivity contribution in [2.45, 2.75) is 26.8 Å². The number of nitrogens with one attached hydrogen (secondary N) is 1. The lowest BCUT2D eigenvalue weighted by atomic mass is 10.1. The van der Waals surface area contributed by atoms with Gasteiger partial charge in [-0.1, -0.05) is 12.1 Å². The summed E-state index contributed by atoms with van der Waals surface area (Å²) in [6.07, 6.45) is 0.721. The van der Waals surface area contributed by atoms with Crippen LogP contribution in [0.15, 0.2) is 24.3 Å². The fourth-order valence-electron chi connectivity index (χ4n) is 2.29. The maximum atomic E-state index is 5.24. The predicted octanol–water partition coefficient (Wildman–Crippen LogP) is 2.41. The number of aryl methyl sites for hydroxylation is 2. The van der Waals surface area contributed by atoms with Crippen molar-refractivity contribution < 1.29 is 4.74 Å². The smallest absolute Gasteiger partial charge is 0.133 e. The third kappa shape index (κ3) is 3.33. The summed E-state index contributed by atoms with van der Waals surface area (Å²) in [7, 11) is 3.61. The second-order valence-electron chi connectivity index (χ2n) is 4.85. The topological polar surface area (TPSA) is 47.0 Å². The highest BCUT2D eigenvalue weighted by molar-refractivity contribution is 5.31. The van der Waals surface area contributed by atoms with Crippen LogP contribution in [0.1, 0.15) is 28.3 Å². The highest BCUT2D eigenvalue weighted by Gasteiger charge is 2.08. The van der Waals surface area contributed by atoms with Crippen molar-refractivity contribution in [2.75, 3.05) is 14.2 Å². The molecule has 0 unspecified atom stereocenters. The molecule has 0 bridgehead atoms. The lowest BCUT2D eigenvalue weighted by Gasteiger charge is -2.11. The number of ether oxygens (including phenoxy) is 1. The molecule has 1 aromatic carbocycles. The van der Waals surface area contributed by atoms with E-state index in [1.165, 1.54) is 5.56 Å². The van der Waals surface area contributed by atoms with Gasteiger partial charge >= 0.3 is 0 Å². The van der Waals surface area contributed by atoms with E-state index in [9.17, 15) is 0 Å². The van der Waals surface area contributed by atoms with E-state index in [4.69, 9.17) is 4.74 Å². The summed E-state index contributed by atoms with van der Waals surface area (Å²) in [6, 6.07) is 8.02. The summed E-state index contributed by atoms with van der Waals surface area (Å²) in [4.78, 5) is 9.22. The van der Waals surface area contributed by atoms with E-state index in [-0.39, 0.29) is 0 Å². The van der Waals surface area contributed by atoms with E-state index < -0.39 is 0 Å². The Kier molecular flexibility index (Phi) is 4.69. The molecule has 2 aromatic rings. The Morgan fingerprint density at radius 3 is 2.45 bits per heavy atom. The van der Waals surface area contributed by atoms with Crippen LogP contribution in [0.25, 0.3) is 0 Å². The molecule has 2 rings (SSSR count). The van der Waals surface area contributed by atoms with Crippen molar-refractivity contribution >= 4 is 0 Å². The van der Waals surface area contributed by atoms with Crippen LogP contribution in [-0.4, -0.2) is 24.1 Å². The van der Waals surface area contributed by atoms with E-state index in [0.29, 0.717) is 0 Å². The third-order valence-electron chi connectivity index (χ3n) is 3.32. The largest absolute Gasteiger partial charge is 0.497 e. The zero-order valence-corrected chi connectivity index (χ0v) is 12.5. The van der Waals surface area contributed by atoms with E-state index in [0.717, 1.165) is 41.5 Å². The van der Waals surface area contributed by atoms with Crippen LogP contribution in [0.4, 0.5) is 0 Å². The van der Waals surface area contributed by atoms with Gasteiger partial charge in [0.1, 0.15) is 11.6 Å². The quantitative estimate of drug-likeness (QED) is 0.907. The van der Waals surface area contributed by atoms with E-state index in [1.807, 2.05) is 39.1 Å². The summed E-state index contributed by atoms with van der Waals surface area (Å²) < 4.78 is 5.24. The maximum absolute atomic E-state index is 5.24. The minimum Gasteiger partial charge on any atom is -0.497 e. The highest BCUT2D eigenvalue weighted by atomic mass is 16.5. The molecule has 0 amide bonds. The first-order valence-electron chi connectivity index (χ1n) is 6.74. The standard InChI is InChI=1S/C16H21N3O/c1-11-15(10-17-3)12(2)19-16(18-11)9-13-6-5-7-14(8-13)20-4/h5-8,17H,9-10H2,1-4H3. The Hall–Kier alpha value is -1.94. The molecule has 1 N–H and O–H groups in total. The van der Waals surface area contributed by atoms with Crippen molar-refractivity contribution in [3.05, 3.63) is 52.6 Å². The monoisotopic (exact) mass is 271 g/mol. The van der Waals surface area contributed by atoms with Gasteiger partial charge in [-0.15, -0.1) is 0 Å². The van der Waals surface area contributed by atoms with Gasteiger partial charge < -0.3 is 10.1 Å². The minimum absolute atomic E-state index is 0.721. The summed E-state index contributed by atoms with van der Waals surface area (Å²) in [6.45, 7) is 4.88. The Morgan fingerprint density at radius 2 is 1.85 bits per heavy atom. The fourth-order valence-corrected chi connectivity index (χ4v) is 2.29. The Bertz CT molecular complexity index is 573. The van der Waals surface area contributed by atoms with Crippen molar-refractivity contribution in [3.63, 3.8) is 0 Å². The summed E-state index contributed by atoms with van der Waals surface area (Å²) in [5.41, 5.74) is 4.43. The molecule has 20 heavy (non-hydrogen) atoms. The number of rotatable bonds is 5. The van der Waals surface area contributed by atoms with Gasteiger partial charge in [-0.3, -0.25) is 0 Å². The van der Waals surface area contributed by atoms with Crippen LogP contribution in [0, 0.1) is 13.8 Å². The van der Waals surface area contributed by atoms with Crippen LogP contribution >= 0.6 is 0 Å². The molecule has 0 aliphatic heterocycles. The third-order valence-corrected chi connectivity index (χ3v) is 3.32. The zero-order valence-electron chi connectivity index (χ0n) is 12.5. The predicted molar refractivity (Wildman–Crippen MR) is 80.1 cm³/mol. The van der Waals surface area contributed by atoms with Gasteiger partial charge in [0, 0.05) is 29.9 Å². The molecule has 0 aliphatic rings. The van der Waals surface area contributed by atoms with Crippen LogP contribution in [0.3, 0.4) is 0 Å². The second kappa shape index (κ2) is 6.48. The van der Waals surface area contributed by atoms with E-state index >= 15 is 0 Å². The molecule has 0 saturated heterocycles. The van der Waals surface area contributed by atoms with Crippen molar-refractivity contribution in [1.82, 2.24) is 15.3 Å².